The first-order valence-electron chi connectivity index (χ1n) is 8.62. The second-order valence-corrected chi connectivity index (χ2v) is 6.61. The van der Waals surface area contributed by atoms with Gasteiger partial charge in [-0.3, -0.25) is 24.2 Å². The van der Waals surface area contributed by atoms with Crippen molar-refractivity contribution in [2.45, 2.75) is 51.7 Å². The number of nitrogens with zero attached hydrogens (tertiary/aromatic N) is 2. The molecule has 0 aromatic heterocycles. The van der Waals surface area contributed by atoms with E-state index in [0.717, 1.165) is 22.6 Å². The maximum absolute atomic E-state index is 12.5. The first-order valence-corrected chi connectivity index (χ1v) is 8.62. The highest BCUT2D eigenvalue weighted by molar-refractivity contribution is 6.08. The van der Waals surface area contributed by atoms with Crippen LogP contribution < -0.4 is 10.6 Å². The Labute approximate surface area is 151 Å². The highest BCUT2D eigenvalue weighted by Gasteiger charge is 2.48. The summed E-state index contributed by atoms with van der Waals surface area (Å²) in [5.41, 5.74) is -1.04. The third-order valence-corrected chi connectivity index (χ3v) is 4.44. The van der Waals surface area contributed by atoms with Crippen LogP contribution in [0, 0.1) is 0 Å². The molecular formula is C16H24N4O6. The van der Waals surface area contributed by atoms with E-state index in [1.165, 1.54) is 6.92 Å². The largest absolute Gasteiger partial charge is 0.451 e. The highest BCUT2D eigenvalue weighted by Crippen LogP contribution is 2.23. The molecule has 6 amide bonds. The van der Waals surface area contributed by atoms with E-state index >= 15 is 0 Å². The summed E-state index contributed by atoms with van der Waals surface area (Å²) in [5.74, 6) is -2.04. The molecule has 2 atom stereocenters. The number of imide groups is 2. The van der Waals surface area contributed by atoms with Crippen LogP contribution in [0.4, 0.5) is 9.59 Å². The summed E-state index contributed by atoms with van der Waals surface area (Å²) in [4.78, 5) is 61.9. The van der Waals surface area contributed by atoms with Crippen molar-refractivity contribution in [3.05, 3.63) is 0 Å². The Morgan fingerprint density at radius 1 is 1.27 bits per heavy atom. The van der Waals surface area contributed by atoms with Crippen LogP contribution in [0.25, 0.3) is 0 Å². The summed E-state index contributed by atoms with van der Waals surface area (Å²) >= 11 is 0. The topological polar surface area (TPSA) is 125 Å². The number of nitrogens with one attached hydrogen (secondary N) is 2. The number of carbonyl (C=O) groups excluding carboxylic acids is 5. The van der Waals surface area contributed by atoms with Gasteiger partial charge in [0, 0.05) is 13.1 Å². The number of hydrogen-bond donors (Lipinski definition) is 2. The molecule has 0 saturated carbocycles. The van der Waals surface area contributed by atoms with Crippen LogP contribution in [0.5, 0.6) is 0 Å². The Bertz CT molecular complexity index is 636. The predicted octanol–water partition coefficient (Wildman–Crippen LogP) is -0.0294. The molecule has 0 aromatic rings. The molecule has 0 bridgehead atoms. The second kappa shape index (κ2) is 7.71. The molecule has 2 aliphatic heterocycles. The second-order valence-electron chi connectivity index (χ2n) is 6.61. The zero-order valence-electron chi connectivity index (χ0n) is 15.2. The summed E-state index contributed by atoms with van der Waals surface area (Å²) < 4.78 is 5.00. The van der Waals surface area contributed by atoms with E-state index in [2.05, 4.69) is 10.6 Å². The zero-order valence-corrected chi connectivity index (χ0v) is 15.2. The minimum atomic E-state index is -1.20. The maximum atomic E-state index is 12.5. The van der Waals surface area contributed by atoms with Crippen molar-refractivity contribution in [1.29, 1.82) is 0 Å². The molecule has 2 heterocycles. The maximum Gasteiger partial charge on any atom is 0.327 e. The Morgan fingerprint density at radius 2 is 1.96 bits per heavy atom. The Kier molecular flexibility index (Phi) is 5.83. The van der Waals surface area contributed by atoms with Gasteiger partial charge in [0.15, 0.2) is 6.10 Å². The summed E-state index contributed by atoms with van der Waals surface area (Å²) in [6, 6.07) is -1.21. The monoisotopic (exact) mass is 368 g/mol. The normalized spacial score (nSPS) is 23.7. The van der Waals surface area contributed by atoms with E-state index in [-0.39, 0.29) is 6.54 Å². The van der Waals surface area contributed by atoms with Crippen molar-refractivity contribution in [3.8, 4) is 0 Å². The molecule has 2 N–H and O–H groups in total. The van der Waals surface area contributed by atoms with Crippen molar-refractivity contribution in [1.82, 2.24) is 20.4 Å². The highest BCUT2D eigenvalue weighted by atomic mass is 16.5. The molecule has 0 aliphatic carbocycles. The lowest BCUT2D eigenvalue weighted by Gasteiger charge is -2.21. The lowest BCUT2D eigenvalue weighted by Crippen LogP contribution is -2.45. The lowest BCUT2D eigenvalue weighted by molar-refractivity contribution is -0.159. The van der Waals surface area contributed by atoms with Gasteiger partial charge in [0.05, 0.1) is 0 Å². The van der Waals surface area contributed by atoms with Gasteiger partial charge in [0.1, 0.15) is 12.1 Å². The van der Waals surface area contributed by atoms with Crippen molar-refractivity contribution >= 4 is 29.8 Å². The summed E-state index contributed by atoms with van der Waals surface area (Å²) in [6.07, 6.45) is 0.895. The fourth-order valence-corrected chi connectivity index (χ4v) is 2.91. The van der Waals surface area contributed by atoms with Gasteiger partial charge in [0.2, 0.25) is 0 Å². The average molecular weight is 368 g/mol. The molecule has 0 spiro atoms. The fourth-order valence-electron chi connectivity index (χ4n) is 2.91. The molecule has 2 saturated heterocycles. The van der Waals surface area contributed by atoms with Crippen LogP contribution in [-0.4, -0.2) is 70.9 Å². The molecule has 0 radical (unpaired) electrons. The third-order valence-electron chi connectivity index (χ3n) is 4.44. The molecule has 2 fully saturated rings. The smallest absolute Gasteiger partial charge is 0.327 e. The van der Waals surface area contributed by atoms with Gasteiger partial charge < -0.3 is 15.4 Å². The number of rotatable bonds is 7. The van der Waals surface area contributed by atoms with Crippen LogP contribution in [-0.2, 0) is 19.1 Å². The number of hydrogen-bond acceptors (Lipinski definition) is 6. The van der Waals surface area contributed by atoms with Gasteiger partial charge in [-0.05, 0) is 20.3 Å². The van der Waals surface area contributed by atoms with E-state index in [1.807, 2.05) is 6.92 Å². The Morgan fingerprint density at radius 3 is 2.54 bits per heavy atom. The zero-order chi connectivity index (χ0) is 19.5. The van der Waals surface area contributed by atoms with E-state index < -0.39 is 48.0 Å². The SMILES string of the molecule is CCCC[C@]1(C)NC(=O)N(CC(=O)O[C@@H](C)C(=O)N2CCNC2=O)C1=O. The van der Waals surface area contributed by atoms with Gasteiger partial charge in [0.25, 0.3) is 11.8 Å². The molecule has 2 rings (SSSR count). The van der Waals surface area contributed by atoms with Gasteiger partial charge in [-0.1, -0.05) is 19.8 Å². The molecule has 10 heteroatoms. The number of ether oxygens (including phenoxy) is 1. The fraction of sp³-hybridized carbons (Fsp3) is 0.688. The van der Waals surface area contributed by atoms with Crippen molar-refractivity contribution in [2.75, 3.05) is 19.6 Å². The van der Waals surface area contributed by atoms with Gasteiger partial charge in [-0.15, -0.1) is 0 Å². The predicted molar refractivity (Wildman–Crippen MR) is 88.8 cm³/mol. The molecule has 0 aromatic carbocycles. The summed E-state index contributed by atoms with van der Waals surface area (Å²) in [5, 5.41) is 5.07. The number of urea groups is 2. The van der Waals surface area contributed by atoms with Gasteiger partial charge >= 0.3 is 18.0 Å². The van der Waals surface area contributed by atoms with Crippen molar-refractivity contribution in [2.24, 2.45) is 0 Å². The van der Waals surface area contributed by atoms with Gasteiger partial charge in [-0.25, -0.2) is 9.59 Å². The Balaban J connectivity index is 1.92. The van der Waals surface area contributed by atoms with Crippen LogP contribution in [0.15, 0.2) is 0 Å². The summed E-state index contributed by atoms with van der Waals surface area (Å²) in [6.45, 7) is 4.87. The summed E-state index contributed by atoms with van der Waals surface area (Å²) in [7, 11) is 0. The Hall–Kier alpha value is -2.65. The first kappa shape index (κ1) is 19.7. The minimum absolute atomic E-state index is 0.197. The quantitative estimate of drug-likeness (QED) is 0.480. The lowest BCUT2D eigenvalue weighted by atomic mass is 9.95. The molecule has 0 unspecified atom stereocenters. The van der Waals surface area contributed by atoms with E-state index in [1.54, 1.807) is 6.92 Å². The van der Waals surface area contributed by atoms with Gasteiger partial charge in [-0.2, -0.15) is 0 Å². The standard InChI is InChI=1S/C16H24N4O6/c1-4-5-6-16(3)13(23)20(15(25)18-16)9-11(21)26-10(2)12(22)19-8-7-17-14(19)24/h10H,4-9H2,1-3H3,(H,17,24)(H,18,25)/t10-,16-/m0/s1. The van der Waals surface area contributed by atoms with E-state index in [0.29, 0.717) is 13.0 Å². The number of esters is 1. The van der Waals surface area contributed by atoms with E-state index in [4.69, 9.17) is 4.74 Å². The molecule has 10 nitrogen and oxygen atoms in total. The first-order chi connectivity index (χ1) is 12.2. The molecule has 2 aliphatic rings. The molecular weight excluding hydrogens is 344 g/mol. The number of carbonyl (C=O) groups is 5. The van der Waals surface area contributed by atoms with Crippen LogP contribution >= 0.6 is 0 Å². The third kappa shape index (κ3) is 3.94. The van der Waals surface area contributed by atoms with Crippen molar-refractivity contribution < 1.29 is 28.7 Å². The number of unbranched alkanes of at least 4 members (excludes halogenated alkanes) is 1. The van der Waals surface area contributed by atoms with E-state index in [9.17, 15) is 24.0 Å². The average Bonchev–Trinajstić information content (AvgIpc) is 3.09. The van der Waals surface area contributed by atoms with Crippen LogP contribution in [0.1, 0.15) is 40.0 Å². The van der Waals surface area contributed by atoms with Crippen molar-refractivity contribution in [3.63, 3.8) is 0 Å². The van der Waals surface area contributed by atoms with Crippen LogP contribution in [0.2, 0.25) is 0 Å². The van der Waals surface area contributed by atoms with Crippen LogP contribution in [0.3, 0.4) is 0 Å². The molecule has 144 valence electrons. The molecule has 26 heavy (non-hydrogen) atoms. The number of amides is 6. The minimum Gasteiger partial charge on any atom is -0.451 e.